The Balaban J connectivity index is 1.67. The zero-order valence-corrected chi connectivity index (χ0v) is 15.5. The topological polar surface area (TPSA) is 78.4 Å². The van der Waals surface area contributed by atoms with Gasteiger partial charge < -0.3 is 10.2 Å². The fourth-order valence-corrected chi connectivity index (χ4v) is 5.26. The second-order valence-electron chi connectivity index (χ2n) is 6.72. The van der Waals surface area contributed by atoms with E-state index in [0.717, 1.165) is 48.5 Å². The molecule has 138 valence electrons. The molecule has 8 heteroatoms. The first-order valence-corrected chi connectivity index (χ1v) is 10.4. The van der Waals surface area contributed by atoms with E-state index in [1.54, 1.807) is 12.1 Å². The number of nitrogens with one attached hydrogen (secondary N) is 1. The highest BCUT2D eigenvalue weighted by Gasteiger charge is 2.36. The summed E-state index contributed by atoms with van der Waals surface area (Å²) in [7, 11) is -3.64. The lowest BCUT2D eigenvalue weighted by atomic mass is 10.2. The molecule has 1 saturated heterocycles. The number of benzene rings is 2. The van der Waals surface area contributed by atoms with Crippen LogP contribution in [0.1, 0.15) is 5.56 Å². The Bertz CT molecular complexity index is 1130. The summed E-state index contributed by atoms with van der Waals surface area (Å²) in [5.41, 5.74) is 1.53. The van der Waals surface area contributed by atoms with Crippen molar-refractivity contribution in [2.45, 2.75) is 11.4 Å². The van der Waals surface area contributed by atoms with Gasteiger partial charge in [0.1, 0.15) is 5.82 Å². The van der Waals surface area contributed by atoms with E-state index in [0.29, 0.717) is 4.90 Å². The fraction of sp³-hybridized carbons (Fsp3) is 0.263. The quantitative estimate of drug-likeness (QED) is 0.729. The van der Waals surface area contributed by atoms with E-state index in [1.807, 2.05) is 36.4 Å². The average molecular weight is 381 g/mol. The van der Waals surface area contributed by atoms with Gasteiger partial charge in [-0.3, -0.25) is 0 Å². The number of para-hydroxylation sites is 1. The van der Waals surface area contributed by atoms with E-state index in [9.17, 15) is 8.42 Å². The third-order valence-electron chi connectivity index (χ3n) is 5.07. The molecule has 0 unspecified atom stereocenters. The Hall–Kier alpha value is -2.71. The van der Waals surface area contributed by atoms with E-state index < -0.39 is 10.0 Å². The third-order valence-corrected chi connectivity index (χ3v) is 6.89. The summed E-state index contributed by atoms with van der Waals surface area (Å²) < 4.78 is 27.4. The van der Waals surface area contributed by atoms with Crippen LogP contribution in [0.2, 0.25) is 0 Å². The third kappa shape index (κ3) is 2.64. The molecule has 2 aromatic carbocycles. The van der Waals surface area contributed by atoms with Gasteiger partial charge in [-0.2, -0.15) is 4.98 Å². The van der Waals surface area contributed by atoms with Gasteiger partial charge in [0, 0.05) is 31.6 Å². The molecule has 1 N–H and O–H groups in total. The number of aromatic nitrogens is 2. The summed E-state index contributed by atoms with van der Waals surface area (Å²) in [6, 6.07) is 14.8. The van der Waals surface area contributed by atoms with Gasteiger partial charge in [0.15, 0.2) is 0 Å². The van der Waals surface area contributed by atoms with E-state index >= 15 is 0 Å². The van der Waals surface area contributed by atoms with E-state index in [2.05, 4.69) is 15.2 Å². The largest absolute Gasteiger partial charge is 0.353 e. The molecule has 2 aliphatic rings. The highest BCUT2D eigenvalue weighted by molar-refractivity contribution is 7.93. The average Bonchev–Trinajstić information content (AvgIpc) is 2.99. The van der Waals surface area contributed by atoms with Crippen LogP contribution < -0.4 is 14.5 Å². The standard InChI is InChI=1S/C19H19N5O2S/c25-27(26)17-8-4-1-5-14(17)13-24(27)19-21-16-7-3-2-6-15(16)18(22-19)23-11-9-20-10-12-23/h1-8,20H,9-13H2. The van der Waals surface area contributed by atoms with Crippen LogP contribution in [0.3, 0.4) is 0 Å². The predicted octanol–water partition coefficient (Wildman–Crippen LogP) is 1.75. The zero-order valence-electron chi connectivity index (χ0n) is 14.7. The maximum absolute atomic E-state index is 13.0. The molecule has 0 spiro atoms. The zero-order chi connectivity index (χ0) is 18.4. The lowest BCUT2D eigenvalue weighted by molar-refractivity contribution is 0.585. The highest BCUT2D eigenvalue weighted by atomic mass is 32.2. The molecule has 1 fully saturated rings. The summed E-state index contributed by atoms with van der Waals surface area (Å²) in [6.07, 6.45) is 0. The van der Waals surface area contributed by atoms with Gasteiger partial charge in [-0.15, -0.1) is 0 Å². The fourth-order valence-electron chi connectivity index (χ4n) is 3.70. The van der Waals surface area contributed by atoms with E-state index in [4.69, 9.17) is 4.98 Å². The number of sulfonamides is 1. The number of fused-ring (bicyclic) bond motifs is 2. The molecule has 1 aromatic heterocycles. The first-order chi connectivity index (χ1) is 13.1. The van der Waals surface area contributed by atoms with Crippen LogP contribution in [0.25, 0.3) is 10.9 Å². The Morgan fingerprint density at radius 3 is 2.48 bits per heavy atom. The Morgan fingerprint density at radius 1 is 0.926 bits per heavy atom. The van der Waals surface area contributed by atoms with Crippen LogP contribution in [0.5, 0.6) is 0 Å². The van der Waals surface area contributed by atoms with Crippen molar-refractivity contribution in [3.05, 3.63) is 54.1 Å². The second-order valence-corrected chi connectivity index (χ2v) is 8.55. The Kier molecular flexibility index (Phi) is 3.76. The second kappa shape index (κ2) is 6.17. The summed E-state index contributed by atoms with van der Waals surface area (Å²) in [6.45, 7) is 3.67. The number of anilines is 2. The summed E-state index contributed by atoms with van der Waals surface area (Å²) in [5, 5.41) is 4.28. The summed E-state index contributed by atoms with van der Waals surface area (Å²) >= 11 is 0. The smallest absolute Gasteiger partial charge is 0.267 e. The SMILES string of the molecule is O=S1(=O)c2ccccc2CN1c1nc(N2CCNCC2)c2ccccc2n1. The minimum absolute atomic E-state index is 0.235. The normalized spacial score (nSPS) is 18.7. The molecule has 2 aliphatic heterocycles. The van der Waals surface area contributed by atoms with E-state index in [-0.39, 0.29) is 12.5 Å². The van der Waals surface area contributed by atoms with Crippen LogP contribution >= 0.6 is 0 Å². The monoisotopic (exact) mass is 381 g/mol. The van der Waals surface area contributed by atoms with Gasteiger partial charge >= 0.3 is 0 Å². The highest BCUT2D eigenvalue weighted by Crippen LogP contribution is 2.35. The molecule has 27 heavy (non-hydrogen) atoms. The number of piperazine rings is 1. The van der Waals surface area contributed by atoms with Crippen LogP contribution in [-0.4, -0.2) is 44.6 Å². The minimum Gasteiger partial charge on any atom is -0.353 e. The van der Waals surface area contributed by atoms with Crippen molar-refractivity contribution in [3.63, 3.8) is 0 Å². The molecular formula is C19H19N5O2S. The van der Waals surface area contributed by atoms with Crippen molar-refractivity contribution >= 4 is 32.7 Å². The molecule has 0 bridgehead atoms. The maximum atomic E-state index is 13.0. The maximum Gasteiger partial charge on any atom is 0.267 e. The Morgan fingerprint density at radius 2 is 1.67 bits per heavy atom. The first kappa shape index (κ1) is 16.5. The van der Waals surface area contributed by atoms with Gasteiger partial charge in [-0.25, -0.2) is 17.7 Å². The molecule has 7 nitrogen and oxygen atoms in total. The van der Waals surface area contributed by atoms with Gasteiger partial charge in [0.2, 0.25) is 5.95 Å². The summed E-state index contributed by atoms with van der Waals surface area (Å²) in [4.78, 5) is 11.8. The lowest BCUT2D eigenvalue weighted by Gasteiger charge is -2.30. The first-order valence-electron chi connectivity index (χ1n) is 8.98. The molecule has 0 aliphatic carbocycles. The molecular weight excluding hydrogens is 362 g/mol. The summed E-state index contributed by atoms with van der Waals surface area (Å²) in [5.74, 6) is 1.03. The number of rotatable bonds is 2. The van der Waals surface area contributed by atoms with Gasteiger partial charge in [0.25, 0.3) is 10.0 Å². The van der Waals surface area contributed by atoms with Crippen LogP contribution in [0, 0.1) is 0 Å². The van der Waals surface area contributed by atoms with Crippen molar-refractivity contribution in [2.24, 2.45) is 0 Å². The van der Waals surface area contributed by atoms with Crippen LogP contribution in [0.15, 0.2) is 53.4 Å². The van der Waals surface area contributed by atoms with E-state index in [1.165, 1.54) is 4.31 Å². The molecule has 3 aromatic rings. The van der Waals surface area contributed by atoms with Crippen molar-refractivity contribution in [3.8, 4) is 0 Å². The van der Waals surface area contributed by atoms with Gasteiger partial charge in [-0.1, -0.05) is 30.3 Å². The number of nitrogens with zero attached hydrogens (tertiary/aromatic N) is 4. The molecule has 5 rings (SSSR count). The van der Waals surface area contributed by atoms with Crippen molar-refractivity contribution in [1.29, 1.82) is 0 Å². The van der Waals surface area contributed by atoms with Gasteiger partial charge in [0.05, 0.1) is 17.0 Å². The predicted molar refractivity (Wildman–Crippen MR) is 104 cm³/mol. The number of hydrogen-bond donors (Lipinski definition) is 1. The van der Waals surface area contributed by atoms with Crippen LogP contribution in [-0.2, 0) is 16.6 Å². The van der Waals surface area contributed by atoms with Gasteiger partial charge in [-0.05, 0) is 23.8 Å². The molecule has 0 saturated carbocycles. The molecule has 0 atom stereocenters. The Labute approximate surface area is 157 Å². The number of hydrogen-bond acceptors (Lipinski definition) is 6. The van der Waals surface area contributed by atoms with Crippen molar-refractivity contribution in [2.75, 3.05) is 35.4 Å². The van der Waals surface area contributed by atoms with Crippen molar-refractivity contribution in [1.82, 2.24) is 15.3 Å². The lowest BCUT2D eigenvalue weighted by Crippen LogP contribution is -2.44. The van der Waals surface area contributed by atoms with Crippen molar-refractivity contribution < 1.29 is 8.42 Å². The van der Waals surface area contributed by atoms with Crippen LogP contribution in [0.4, 0.5) is 11.8 Å². The molecule has 3 heterocycles. The molecule has 0 amide bonds. The molecule has 0 radical (unpaired) electrons. The minimum atomic E-state index is -3.64.